The highest BCUT2D eigenvalue weighted by Gasteiger charge is 2.30. The summed E-state index contributed by atoms with van der Waals surface area (Å²) in [5.41, 5.74) is 2.04. The molecule has 1 aromatic rings. The number of aryl methyl sites for hydroxylation is 1. The molecule has 2 rings (SSSR count). The molecule has 0 unspecified atom stereocenters. The molecule has 16 heavy (non-hydrogen) atoms. The molecule has 0 saturated carbocycles. The van der Waals surface area contributed by atoms with E-state index in [-0.39, 0.29) is 0 Å². The van der Waals surface area contributed by atoms with Crippen LogP contribution in [0.1, 0.15) is 23.6 Å². The molecule has 1 aliphatic carbocycles. The Morgan fingerprint density at radius 3 is 2.94 bits per heavy atom. The van der Waals surface area contributed by atoms with E-state index in [2.05, 4.69) is 27.9 Å². The highest BCUT2D eigenvalue weighted by molar-refractivity contribution is 14.1. The van der Waals surface area contributed by atoms with Gasteiger partial charge in [-0.1, -0.05) is 12.1 Å². The molecule has 2 atom stereocenters. The zero-order chi connectivity index (χ0) is 11.7. The molecule has 0 heterocycles. The van der Waals surface area contributed by atoms with Gasteiger partial charge in [-0.3, -0.25) is 0 Å². The second-order valence-corrected chi connectivity index (χ2v) is 5.01. The average molecular weight is 333 g/mol. The number of carboxylic acid groups (broad SMARTS) is 1. The summed E-state index contributed by atoms with van der Waals surface area (Å²) in [7, 11) is 0. The number of fused-ring (bicyclic) bond motifs is 1. The predicted molar refractivity (Wildman–Crippen MR) is 67.4 cm³/mol. The molecule has 1 aliphatic rings. The number of nitrogens with one attached hydrogen (secondary N) is 1. The van der Waals surface area contributed by atoms with E-state index in [0.29, 0.717) is 6.42 Å². The molecule has 5 heteroatoms. The van der Waals surface area contributed by atoms with E-state index in [1.807, 2.05) is 18.2 Å². The first-order chi connectivity index (χ1) is 7.59. The van der Waals surface area contributed by atoms with Crippen molar-refractivity contribution in [3.05, 3.63) is 32.9 Å². The predicted octanol–water partition coefficient (Wildman–Crippen LogP) is 1.91. The van der Waals surface area contributed by atoms with E-state index in [4.69, 9.17) is 5.11 Å². The molecule has 0 aliphatic heterocycles. The number of hydrogen-bond acceptors (Lipinski definition) is 2. The van der Waals surface area contributed by atoms with Gasteiger partial charge in [0.2, 0.25) is 0 Å². The van der Waals surface area contributed by atoms with Gasteiger partial charge in [-0.15, -0.1) is 0 Å². The second-order valence-electron chi connectivity index (χ2n) is 3.85. The maximum Gasteiger partial charge on any atom is 0.405 e. The Morgan fingerprint density at radius 2 is 2.25 bits per heavy atom. The lowest BCUT2D eigenvalue weighted by Crippen LogP contribution is -2.39. The highest BCUT2D eigenvalue weighted by atomic mass is 127. The van der Waals surface area contributed by atoms with Crippen molar-refractivity contribution in [2.75, 3.05) is 0 Å². The first-order valence-corrected chi connectivity index (χ1v) is 6.12. The van der Waals surface area contributed by atoms with Gasteiger partial charge >= 0.3 is 6.09 Å². The van der Waals surface area contributed by atoms with Gasteiger partial charge in [0.05, 0.1) is 12.1 Å². The van der Waals surface area contributed by atoms with Crippen molar-refractivity contribution < 1.29 is 15.0 Å². The molecular weight excluding hydrogens is 321 g/mol. The standard InChI is InChI=1S/C11H12INO3/c12-7-3-1-2-6-4-5-8(14)10(9(6)7)13-11(15)16/h1-3,8,10,13-14H,4-5H2,(H,15,16)/t8-,10-/m0/s1. The Labute approximate surface area is 107 Å². The van der Waals surface area contributed by atoms with Crippen LogP contribution in [0.3, 0.4) is 0 Å². The van der Waals surface area contributed by atoms with Gasteiger partial charge in [-0.2, -0.15) is 0 Å². The molecular formula is C11H12INO3. The molecule has 0 radical (unpaired) electrons. The van der Waals surface area contributed by atoms with Crippen molar-refractivity contribution in [3.8, 4) is 0 Å². The van der Waals surface area contributed by atoms with Gasteiger partial charge in [0.25, 0.3) is 0 Å². The van der Waals surface area contributed by atoms with Crippen molar-refractivity contribution in [1.29, 1.82) is 0 Å². The third kappa shape index (κ3) is 2.15. The molecule has 4 nitrogen and oxygen atoms in total. The summed E-state index contributed by atoms with van der Waals surface area (Å²) in [6.07, 6.45) is -0.348. The summed E-state index contributed by atoms with van der Waals surface area (Å²) in [5.74, 6) is 0. The van der Waals surface area contributed by atoms with Gasteiger partial charge in [0.15, 0.2) is 0 Å². The normalized spacial score (nSPS) is 23.6. The van der Waals surface area contributed by atoms with Crippen LogP contribution in [0.25, 0.3) is 0 Å². The first-order valence-electron chi connectivity index (χ1n) is 5.04. The van der Waals surface area contributed by atoms with Crippen LogP contribution in [0.4, 0.5) is 4.79 Å². The molecule has 1 aromatic carbocycles. The summed E-state index contributed by atoms with van der Waals surface area (Å²) < 4.78 is 0.993. The smallest absolute Gasteiger partial charge is 0.405 e. The molecule has 3 N–H and O–H groups in total. The van der Waals surface area contributed by atoms with Crippen molar-refractivity contribution in [2.45, 2.75) is 25.0 Å². The summed E-state index contributed by atoms with van der Waals surface area (Å²) in [4.78, 5) is 10.7. The molecule has 1 amide bonds. The van der Waals surface area contributed by atoms with Crippen LogP contribution in [0.15, 0.2) is 18.2 Å². The van der Waals surface area contributed by atoms with Crippen LogP contribution in [0, 0.1) is 3.57 Å². The third-order valence-corrected chi connectivity index (χ3v) is 3.77. The Morgan fingerprint density at radius 1 is 1.50 bits per heavy atom. The van der Waals surface area contributed by atoms with Gasteiger partial charge < -0.3 is 15.5 Å². The third-order valence-electron chi connectivity index (χ3n) is 2.83. The molecule has 0 fully saturated rings. The van der Waals surface area contributed by atoms with Crippen molar-refractivity contribution in [3.63, 3.8) is 0 Å². The molecule has 0 spiro atoms. The number of rotatable bonds is 1. The van der Waals surface area contributed by atoms with Gasteiger partial charge in [-0.05, 0) is 52.6 Å². The highest BCUT2D eigenvalue weighted by Crippen LogP contribution is 2.33. The number of aliphatic hydroxyl groups is 1. The molecule has 0 bridgehead atoms. The number of amides is 1. The molecule has 0 saturated heterocycles. The minimum Gasteiger partial charge on any atom is -0.465 e. The zero-order valence-corrected chi connectivity index (χ0v) is 10.6. The number of benzene rings is 1. The Bertz CT molecular complexity index is 422. The number of halogens is 1. The Hall–Kier alpha value is -0.820. The number of carbonyl (C=O) groups is 1. The second kappa shape index (κ2) is 4.58. The first kappa shape index (κ1) is 11.7. The number of aliphatic hydroxyl groups excluding tert-OH is 1. The van der Waals surface area contributed by atoms with E-state index in [9.17, 15) is 9.90 Å². The molecule has 86 valence electrons. The minimum absolute atomic E-state index is 0.505. The lowest BCUT2D eigenvalue weighted by molar-refractivity contribution is 0.105. The monoisotopic (exact) mass is 333 g/mol. The van der Waals surface area contributed by atoms with Crippen LogP contribution in [-0.4, -0.2) is 22.4 Å². The van der Waals surface area contributed by atoms with E-state index in [0.717, 1.165) is 21.1 Å². The van der Waals surface area contributed by atoms with Crippen molar-refractivity contribution in [2.24, 2.45) is 0 Å². The Balaban J connectivity index is 2.42. The summed E-state index contributed by atoms with van der Waals surface area (Å²) in [6, 6.07) is 5.36. The van der Waals surface area contributed by atoms with Crippen LogP contribution in [-0.2, 0) is 6.42 Å². The summed E-state index contributed by atoms with van der Waals surface area (Å²) in [6.45, 7) is 0. The fourth-order valence-corrected chi connectivity index (χ4v) is 3.00. The van der Waals surface area contributed by atoms with Crippen LogP contribution < -0.4 is 5.32 Å². The number of hydrogen-bond donors (Lipinski definition) is 3. The fraction of sp³-hybridized carbons (Fsp3) is 0.364. The average Bonchev–Trinajstić information content (AvgIpc) is 2.22. The topological polar surface area (TPSA) is 69.6 Å². The molecule has 0 aromatic heterocycles. The van der Waals surface area contributed by atoms with E-state index >= 15 is 0 Å². The zero-order valence-electron chi connectivity index (χ0n) is 8.48. The van der Waals surface area contributed by atoms with E-state index in [1.165, 1.54) is 0 Å². The summed E-state index contributed by atoms with van der Waals surface area (Å²) in [5, 5.41) is 21.0. The van der Waals surface area contributed by atoms with Gasteiger partial charge in [0.1, 0.15) is 0 Å². The van der Waals surface area contributed by atoms with Crippen LogP contribution >= 0.6 is 22.6 Å². The lowest BCUT2D eigenvalue weighted by Gasteiger charge is -2.31. The van der Waals surface area contributed by atoms with Crippen LogP contribution in [0.2, 0.25) is 0 Å². The maximum absolute atomic E-state index is 10.7. The van der Waals surface area contributed by atoms with Gasteiger partial charge in [-0.25, -0.2) is 4.79 Å². The largest absolute Gasteiger partial charge is 0.465 e. The fourth-order valence-electron chi connectivity index (χ4n) is 2.11. The SMILES string of the molecule is O=C(O)N[C@@H]1c2c(I)cccc2CC[C@@H]1O. The van der Waals surface area contributed by atoms with Gasteiger partial charge in [0, 0.05) is 3.57 Å². The quantitative estimate of drug-likeness (QED) is 0.688. The lowest BCUT2D eigenvalue weighted by atomic mass is 9.86. The van der Waals surface area contributed by atoms with Crippen molar-refractivity contribution in [1.82, 2.24) is 5.32 Å². The van der Waals surface area contributed by atoms with Crippen molar-refractivity contribution >= 4 is 28.7 Å². The van der Waals surface area contributed by atoms with Crippen LogP contribution in [0.5, 0.6) is 0 Å². The minimum atomic E-state index is -1.10. The summed E-state index contributed by atoms with van der Waals surface area (Å²) >= 11 is 2.17. The maximum atomic E-state index is 10.7. The van der Waals surface area contributed by atoms with E-state index in [1.54, 1.807) is 0 Å². The van der Waals surface area contributed by atoms with E-state index < -0.39 is 18.2 Å². The Kier molecular flexibility index (Phi) is 3.34.